The first-order valence-electron chi connectivity index (χ1n) is 9.83. The molecule has 1 N–H and O–H groups in total. The van der Waals surface area contributed by atoms with Crippen molar-refractivity contribution in [1.82, 2.24) is 20.0 Å². The molecular formula is C23H18N4O4. The van der Waals surface area contributed by atoms with Crippen LogP contribution in [0.1, 0.15) is 12.1 Å². The molecule has 0 bridgehead atoms. The number of aromatic nitrogens is 3. The van der Waals surface area contributed by atoms with Gasteiger partial charge in [-0.3, -0.25) is 14.2 Å². The summed E-state index contributed by atoms with van der Waals surface area (Å²) >= 11 is 0. The van der Waals surface area contributed by atoms with Crippen LogP contribution >= 0.6 is 0 Å². The van der Waals surface area contributed by atoms with E-state index in [1.807, 2.05) is 36.4 Å². The zero-order valence-corrected chi connectivity index (χ0v) is 16.4. The molecule has 0 unspecified atom stereocenters. The largest absolute Gasteiger partial charge is 0.453 e. The SMILES string of the molecule is O=C(CCn1cnc2ccccc2c1=O)NCc1cc(-c2cc3ccccc3o2)on1. The second-order valence-corrected chi connectivity index (χ2v) is 7.12. The predicted molar refractivity (Wildman–Crippen MR) is 114 cm³/mol. The lowest BCUT2D eigenvalue weighted by Gasteiger charge is -2.07. The quantitative estimate of drug-likeness (QED) is 0.456. The van der Waals surface area contributed by atoms with Gasteiger partial charge in [0.05, 0.1) is 23.8 Å². The summed E-state index contributed by atoms with van der Waals surface area (Å²) in [6.07, 6.45) is 1.61. The number of hydrogen-bond donors (Lipinski definition) is 1. The van der Waals surface area contributed by atoms with Crippen LogP contribution in [0, 0.1) is 0 Å². The summed E-state index contributed by atoms with van der Waals surface area (Å²) in [4.78, 5) is 29.0. The summed E-state index contributed by atoms with van der Waals surface area (Å²) in [7, 11) is 0. The van der Waals surface area contributed by atoms with Crippen LogP contribution in [0.25, 0.3) is 33.4 Å². The Morgan fingerprint density at radius 1 is 1.03 bits per heavy atom. The molecule has 0 fully saturated rings. The number of carbonyl (C=O) groups excluding carboxylic acids is 1. The Labute approximate surface area is 176 Å². The molecule has 154 valence electrons. The van der Waals surface area contributed by atoms with Gasteiger partial charge in [0.15, 0.2) is 5.76 Å². The van der Waals surface area contributed by atoms with E-state index in [2.05, 4.69) is 15.5 Å². The lowest BCUT2D eigenvalue weighted by atomic mass is 10.2. The summed E-state index contributed by atoms with van der Waals surface area (Å²) in [6, 6.07) is 18.4. The second-order valence-electron chi connectivity index (χ2n) is 7.12. The fourth-order valence-corrected chi connectivity index (χ4v) is 3.38. The van der Waals surface area contributed by atoms with Crippen LogP contribution in [-0.4, -0.2) is 20.6 Å². The van der Waals surface area contributed by atoms with Gasteiger partial charge >= 0.3 is 0 Å². The maximum atomic E-state index is 12.5. The molecule has 0 aliphatic rings. The Morgan fingerprint density at radius 2 is 1.87 bits per heavy atom. The summed E-state index contributed by atoms with van der Waals surface area (Å²) in [6.45, 7) is 0.457. The van der Waals surface area contributed by atoms with E-state index in [9.17, 15) is 9.59 Å². The Bertz CT molecular complexity index is 1410. The van der Waals surface area contributed by atoms with Gasteiger partial charge < -0.3 is 14.3 Å². The Morgan fingerprint density at radius 3 is 2.77 bits per heavy atom. The molecule has 0 spiro atoms. The normalized spacial score (nSPS) is 11.2. The van der Waals surface area contributed by atoms with E-state index in [0.717, 1.165) is 11.0 Å². The number of amides is 1. The molecule has 1 amide bonds. The van der Waals surface area contributed by atoms with E-state index >= 15 is 0 Å². The fourth-order valence-electron chi connectivity index (χ4n) is 3.38. The third-order valence-electron chi connectivity index (χ3n) is 5.01. The highest BCUT2D eigenvalue weighted by atomic mass is 16.5. The smallest absolute Gasteiger partial charge is 0.261 e. The van der Waals surface area contributed by atoms with Gasteiger partial charge in [-0.1, -0.05) is 35.5 Å². The number of fused-ring (bicyclic) bond motifs is 2. The number of carbonyl (C=O) groups is 1. The van der Waals surface area contributed by atoms with Crippen LogP contribution in [0.2, 0.25) is 0 Å². The van der Waals surface area contributed by atoms with Gasteiger partial charge in [0.2, 0.25) is 11.7 Å². The van der Waals surface area contributed by atoms with Crippen molar-refractivity contribution in [3.8, 4) is 11.5 Å². The number of aryl methyl sites for hydroxylation is 1. The van der Waals surface area contributed by atoms with E-state index in [0.29, 0.717) is 28.1 Å². The number of rotatable bonds is 6. The molecule has 0 aliphatic heterocycles. The zero-order valence-electron chi connectivity index (χ0n) is 16.4. The van der Waals surface area contributed by atoms with E-state index in [-0.39, 0.29) is 31.0 Å². The molecule has 31 heavy (non-hydrogen) atoms. The maximum Gasteiger partial charge on any atom is 0.261 e. The molecular weight excluding hydrogens is 396 g/mol. The summed E-state index contributed by atoms with van der Waals surface area (Å²) in [5.74, 6) is 0.872. The van der Waals surface area contributed by atoms with Crippen molar-refractivity contribution in [3.63, 3.8) is 0 Å². The average Bonchev–Trinajstić information content (AvgIpc) is 3.44. The Hall–Kier alpha value is -4.20. The molecule has 0 saturated carbocycles. The first-order chi connectivity index (χ1) is 15.2. The molecule has 5 aromatic rings. The van der Waals surface area contributed by atoms with E-state index in [1.54, 1.807) is 24.3 Å². The number of furan rings is 1. The van der Waals surface area contributed by atoms with E-state index < -0.39 is 0 Å². The molecule has 8 heteroatoms. The second kappa shape index (κ2) is 7.91. The molecule has 3 heterocycles. The molecule has 3 aromatic heterocycles. The van der Waals surface area contributed by atoms with Crippen LogP contribution in [0.3, 0.4) is 0 Å². The summed E-state index contributed by atoms with van der Waals surface area (Å²) in [5.41, 5.74) is 1.82. The van der Waals surface area contributed by atoms with Gasteiger partial charge in [-0.25, -0.2) is 4.98 Å². The third kappa shape index (κ3) is 3.83. The standard InChI is InChI=1S/C23H18N4O4/c28-22(9-10-27-14-25-18-7-3-2-6-17(18)23(27)29)24-13-16-12-21(31-26-16)20-11-15-5-1-4-8-19(15)30-20/h1-8,11-12,14H,9-10,13H2,(H,24,28). The van der Waals surface area contributed by atoms with Gasteiger partial charge in [-0.05, 0) is 24.3 Å². The van der Waals surface area contributed by atoms with Crippen molar-refractivity contribution >= 4 is 27.8 Å². The molecule has 0 radical (unpaired) electrons. The van der Waals surface area contributed by atoms with E-state index in [1.165, 1.54) is 10.9 Å². The van der Waals surface area contributed by atoms with Crippen LogP contribution < -0.4 is 10.9 Å². The number of nitrogens with zero attached hydrogens (tertiary/aromatic N) is 3. The van der Waals surface area contributed by atoms with Gasteiger partial charge in [0, 0.05) is 24.4 Å². The van der Waals surface area contributed by atoms with Crippen molar-refractivity contribution in [3.05, 3.63) is 83.0 Å². The highest BCUT2D eigenvalue weighted by Gasteiger charge is 2.13. The van der Waals surface area contributed by atoms with Gasteiger partial charge in [-0.15, -0.1) is 0 Å². The monoisotopic (exact) mass is 414 g/mol. The van der Waals surface area contributed by atoms with Gasteiger partial charge in [0.1, 0.15) is 11.3 Å². The van der Waals surface area contributed by atoms with Crippen molar-refractivity contribution < 1.29 is 13.7 Å². The van der Waals surface area contributed by atoms with Crippen LogP contribution in [-0.2, 0) is 17.9 Å². The highest BCUT2D eigenvalue weighted by Crippen LogP contribution is 2.28. The molecule has 2 aromatic carbocycles. The van der Waals surface area contributed by atoms with Crippen LogP contribution in [0.4, 0.5) is 0 Å². The zero-order chi connectivity index (χ0) is 21.2. The van der Waals surface area contributed by atoms with Crippen molar-refractivity contribution in [2.75, 3.05) is 0 Å². The summed E-state index contributed by atoms with van der Waals surface area (Å²) in [5, 5.41) is 8.28. The predicted octanol–water partition coefficient (Wildman–Crippen LogP) is 3.50. The number of benzene rings is 2. The molecule has 0 atom stereocenters. The minimum Gasteiger partial charge on any atom is -0.453 e. The Kier molecular flexibility index (Phi) is 4.80. The van der Waals surface area contributed by atoms with Gasteiger partial charge in [0.25, 0.3) is 5.56 Å². The van der Waals surface area contributed by atoms with Crippen molar-refractivity contribution in [2.45, 2.75) is 19.5 Å². The van der Waals surface area contributed by atoms with Crippen LogP contribution in [0.15, 0.2) is 80.7 Å². The minimum atomic E-state index is -0.201. The summed E-state index contributed by atoms with van der Waals surface area (Å²) < 4.78 is 12.6. The molecule has 0 aliphatic carbocycles. The average molecular weight is 414 g/mol. The lowest BCUT2D eigenvalue weighted by Crippen LogP contribution is -2.27. The highest BCUT2D eigenvalue weighted by molar-refractivity contribution is 5.82. The maximum absolute atomic E-state index is 12.5. The number of nitrogens with one attached hydrogen (secondary N) is 1. The first kappa shape index (κ1) is 18.8. The van der Waals surface area contributed by atoms with E-state index in [4.69, 9.17) is 8.94 Å². The van der Waals surface area contributed by atoms with Crippen LogP contribution in [0.5, 0.6) is 0 Å². The third-order valence-corrected chi connectivity index (χ3v) is 5.01. The molecule has 8 nitrogen and oxygen atoms in total. The first-order valence-corrected chi connectivity index (χ1v) is 9.83. The lowest BCUT2D eigenvalue weighted by molar-refractivity contribution is -0.121. The van der Waals surface area contributed by atoms with Crippen molar-refractivity contribution in [1.29, 1.82) is 0 Å². The fraction of sp³-hybridized carbons (Fsp3) is 0.130. The molecule has 5 rings (SSSR count). The number of para-hydroxylation sites is 2. The van der Waals surface area contributed by atoms with Gasteiger partial charge in [-0.2, -0.15) is 0 Å². The minimum absolute atomic E-state index is 0.147. The molecule has 0 saturated heterocycles. The topological polar surface area (TPSA) is 103 Å². The number of hydrogen-bond acceptors (Lipinski definition) is 6. The Balaban J connectivity index is 1.20. The van der Waals surface area contributed by atoms with Crippen molar-refractivity contribution in [2.24, 2.45) is 0 Å².